The third-order valence-electron chi connectivity index (χ3n) is 2.33. The third-order valence-corrected chi connectivity index (χ3v) is 2.33. The molecule has 0 aromatic heterocycles. The molecule has 2 heteroatoms. The molecule has 0 atom stereocenters. The Balaban J connectivity index is 1.95. The van der Waals surface area contributed by atoms with Gasteiger partial charge in [-0.1, -0.05) is 30.3 Å². The summed E-state index contributed by atoms with van der Waals surface area (Å²) in [6.07, 6.45) is 2.12. The minimum absolute atomic E-state index is 0.0229. The molecule has 0 saturated carbocycles. The topological polar surface area (TPSA) is 18.5 Å². The Morgan fingerprint density at radius 2 is 1.59 bits per heavy atom. The Hall–Kier alpha value is -0.860. The molecule has 0 heterocycles. The zero-order chi connectivity index (χ0) is 12.6. The van der Waals surface area contributed by atoms with Crippen molar-refractivity contribution in [3.05, 3.63) is 35.9 Å². The van der Waals surface area contributed by atoms with E-state index in [0.29, 0.717) is 6.61 Å². The first-order chi connectivity index (χ1) is 8.08. The highest BCUT2D eigenvalue weighted by Gasteiger charge is 2.08. The van der Waals surface area contributed by atoms with Crippen molar-refractivity contribution in [3.8, 4) is 0 Å². The molecular weight excluding hydrogens is 212 g/mol. The smallest absolute Gasteiger partial charge is 0.0716 e. The number of ether oxygens (including phenoxy) is 2. The third kappa shape index (κ3) is 7.94. The van der Waals surface area contributed by atoms with Gasteiger partial charge in [0, 0.05) is 13.2 Å². The lowest BCUT2D eigenvalue weighted by atomic mass is 10.2. The second-order valence-corrected chi connectivity index (χ2v) is 5.21. The molecule has 0 bridgehead atoms. The van der Waals surface area contributed by atoms with Gasteiger partial charge in [-0.05, 0) is 39.2 Å². The van der Waals surface area contributed by atoms with Crippen LogP contribution in [0.2, 0.25) is 0 Å². The standard InChI is InChI=1S/C15H24O2/c1-15(2,3)17-12-8-7-11-16-13-14-9-5-4-6-10-14/h4-6,9-10H,7-8,11-13H2,1-3H3. The monoisotopic (exact) mass is 236 g/mol. The molecule has 0 aliphatic carbocycles. The number of hydrogen-bond donors (Lipinski definition) is 0. The minimum atomic E-state index is -0.0229. The Kier molecular flexibility index (Phi) is 6.23. The fourth-order valence-corrected chi connectivity index (χ4v) is 1.45. The van der Waals surface area contributed by atoms with E-state index in [1.54, 1.807) is 0 Å². The number of benzene rings is 1. The first kappa shape index (κ1) is 14.2. The predicted molar refractivity (Wildman–Crippen MR) is 71.0 cm³/mol. The molecule has 96 valence electrons. The van der Waals surface area contributed by atoms with Crippen LogP contribution >= 0.6 is 0 Å². The maximum absolute atomic E-state index is 5.64. The summed E-state index contributed by atoms with van der Waals surface area (Å²) < 4.78 is 11.2. The van der Waals surface area contributed by atoms with E-state index in [1.165, 1.54) is 5.56 Å². The zero-order valence-corrected chi connectivity index (χ0v) is 11.2. The summed E-state index contributed by atoms with van der Waals surface area (Å²) in [5.41, 5.74) is 1.21. The maximum atomic E-state index is 5.64. The predicted octanol–water partition coefficient (Wildman–Crippen LogP) is 3.80. The largest absolute Gasteiger partial charge is 0.377 e. The maximum Gasteiger partial charge on any atom is 0.0716 e. The van der Waals surface area contributed by atoms with Gasteiger partial charge in [-0.15, -0.1) is 0 Å². The molecule has 0 spiro atoms. The van der Waals surface area contributed by atoms with Crippen LogP contribution in [0.4, 0.5) is 0 Å². The molecule has 2 nitrogen and oxygen atoms in total. The number of hydrogen-bond acceptors (Lipinski definition) is 2. The molecule has 17 heavy (non-hydrogen) atoms. The SMILES string of the molecule is CC(C)(C)OCCCCOCc1ccccc1. The zero-order valence-electron chi connectivity index (χ0n) is 11.2. The van der Waals surface area contributed by atoms with E-state index in [-0.39, 0.29) is 5.60 Å². The summed E-state index contributed by atoms with van der Waals surface area (Å²) in [6, 6.07) is 10.3. The van der Waals surface area contributed by atoms with E-state index in [0.717, 1.165) is 26.1 Å². The minimum Gasteiger partial charge on any atom is -0.377 e. The van der Waals surface area contributed by atoms with Gasteiger partial charge < -0.3 is 9.47 Å². The van der Waals surface area contributed by atoms with Gasteiger partial charge in [-0.2, -0.15) is 0 Å². The molecule has 0 aliphatic heterocycles. The lowest BCUT2D eigenvalue weighted by Gasteiger charge is -2.19. The highest BCUT2D eigenvalue weighted by atomic mass is 16.5. The molecule has 0 N–H and O–H groups in total. The second-order valence-electron chi connectivity index (χ2n) is 5.21. The van der Waals surface area contributed by atoms with Crippen LogP contribution in [-0.2, 0) is 16.1 Å². The summed E-state index contributed by atoms with van der Waals surface area (Å²) in [6.45, 7) is 8.58. The van der Waals surface area contributed by atoms with Gasteiger partial charge in [-0.25, -0.2) is 0 Å². The Bertz CT molecular complexity index is 288. The molecule has 0 amide bonds. The van der Waals surface area contributed by atoms with E-state index < -0.39 is 0 Å². The molecule has 1 aromatic carbocycles. The summed E-state index contributed by atoms with van der Waals surface area (Å²) in [5, 5.41) is 0. The van der Waals surface area contributed by atoms with Crippen LogP contribution < -0.4 is 0 Å². The van der Waals surface area contributed by atoms with Crippen molar-refractivity contribution in [1.82, 2.24) is 0 Å². The average molecular weight is 236 g/mol. The summed E-state index contributed by atoms with van der Waals surface area (Å²) in [7, 11) is 0. The van der Waals surface area contributed by atoms with Gasteiger partial charge in [0.15, 0.2) is 0 Å². The van der Waals surface area contributed by atoms with Gasteiger partial charge in [-0.3, -0.25) is 0 Å². The van der Waals surface area contributed by atoms with Crippen molar-refractivity contribution in [2.75, 3.05) is 13.2 Å². The van der Waals surface area contributed by atoms with Gasteiger partial charge in [0.25, 0.3) is 0 Å². The van der Waals surface area contributed by atoms with Crippen molar-refractivity contribution >= 4 is 0 Å². The first-order valence-corrected chi connectivity index (χ1v) is 6.33. The Morgan fingerprint density at radius 3 is 2.24 bits per heavy atom. The van der Waals surface area contributed by atoms with E-state index in [2.05, 4.69) is 32.9 Å². The van der Waals surface area contributed by atoms with E-state index in [1.807, 2.05) is 18.2 Å². The van der Waals surface area contributed by atoms with Crippen LogP contribution in [0.1, 0.15) is 39.2 Å². The molecule has 0 radical (unpaired) electrons. The molecule has 0 saturated heterocycles. The molecule has 1 aromatic rings. The summed E-state index contributed by atoms with van der Waals surface area (Å²) >= 11 is 0. The van der Waals surface area contributed by atoms with Crippen molar-refractivity contribution < 1.29 is 9.47 Å². The molecule has 0 unspecified atom stereocenters. The normalized spacial score (nSPS) is 11.7. The van der Waals surface area contributed by atoms with E-state index in [4.69, 9.17) is 9.47 Å². The Labute approximate surface area is 105 Å². The van der Waals surface area contributed by atoms with Crippen molar-refractivity contribution in [2.24, 2.45) is 0 Å². The van der Waals surface area contributed by atoms with Crippen molar-refractivity contribution in [1.29, 1.82) is 0 Å². The van der Waals surface area contributed by atoms with Crippen LogP contribution in [0.15, 0.2) is 30.3 Å². The summed E-state index contributed by atoms with van der Waals surface area (Å²) in [5.74, 6) is 0. The number of rotatable bonds is 7. The molecular formula is C15H24O2. The highest BCUT2D eigenvalue weighted by Crippen LogP contribution is 2.08. The molecule has 0 aliphatic rings. The van der Waals surface area contributed by atoms with Gasteiger partial charge in [0.05, 0.1) is 12.2 Å². The Morgan fingerprint density at radius 1 is 0.941 bits per heavy atom. The van der Waals surface area contributed by atoms with Crippen molar-refractivity contribution in [3.63, 3.8) is 0 Å². The van der Waals surface area contributed by atoms with Gasteiger partial charge in [0.1, 0.15) is 0 Å². The lowest BCUT2D eigenvalue weighted by Crippen LogP contribution is -2.19. The van der Waals surface area contributed by atoms with Crippen molar-refractivity contribution in [2.45, 2.75) is 45.8 Å². The van der Waals surface area contributed by atoms with Crippen LogP contribution in [0, 0.1) is 0 Å². The molecule has 1 rings (SSSR count). The first-order valence-electron chi connectivity index (χ1n) is 6.33. The highest BCUT2D eigenvalue weighted by molar-refractivity contribution is 5.13. The van der Waals surface area contributed by atoms with Crippen LogP contribution in [-0.4, -0.2) is 18.8 Å². The van der Waals surface area contributed by atoms with Gasteiger partial charge in [0.2, 0.25) is 0 Å². The van der Waals surface area contributed by atoms with Crippen LogP contribution in [0.5, 0.6) is 0 Å². The lowest BCUT2D eigenvalue weighted by molar-refractivity contribution is -0.00763. The fraction of sp³-hybridized carbons (Fsp3) is 0.600. The van der Waals surface area contributed by atoms with Crippen LogP contribution in [0.25, 0.3) is 0 Å². The van der Waals surface area contributed by atoms with Gasteiger partial charge >= 0.3 is 0 Å². The fourth-order valence-electron chi connectivity index (χ4n) is 1.45. The molecule has 0 fully saturated rings. The average Bonchev–Trinajstić information content (AvgIpc) is 2.28. The number of unbranched alkanes of at least 4 members (excludes halogenated alkanes) is 1. The summed E-state index contributed by atoms with van der Waals surface area (Å²) in [4.78, 5) is 0. The van der Waals surface area contributed by atoms with E-state index in [9.17, 15) is 0 Å². The quantitative estimate of drug-likeness (QED) is 0.670. The van der Waals surface area contributed by atoms with Crippen LogP contribution in [0.3, 0.4) is 0 Å². The second kappa shape index (κ2) is 7.46. The van der Waals surface area contributed by atoms with E-state index >= 15 is 0 Å².